The van der Waals surface area contributed by atoms with Crippen LogP contribution in [0.2, 0.25) is 0 Å². The second kappa shape index (κ2) is 2.24. The maximum atomic E-state index is 5.65. The molecule has 3 heteroatoms. The van der Waals surface area contributed by atoms with E-state index in [4.69, 9.17) is 10.2 Å². The zero-order valence-electron chi connectivity index (χ0n) is 7.09. The Morgan fingerprint density at radius 2 is 2.08 bits per heavy atom. The minimum absolute atomic E-state index is 0.679. The molecule has 2 rings (SSSR count). The van der Waals surface area contributed by atoms with E-state index < -0.39 is 0 Å². The molecular formula is C9H10N2O. The molecule has 1 aromatic carbocycles. The molecule has 0 saturated carbocycles. The van der Waals surface area contributed by atoms with Gasteiger partial charge in [0, 0.05) is 12.6 Å². The molecule has 2 aromatic rings. The predicted molar refractivity (Wildman–Crippen MR) is 47.9 cm³/mol. The lowest BCUT2D eigenvalue weighted by molar-refractivity contribution is 0.559. The van der Waals surface area contributed by atoms with Crippen molar-refractivity contribution in [1.29, 1.82) is 0 Å². The molecule has 1 heterocycles. The van der Waals surface area contributed by atoms with Crippen LogP contribution in [0.4, 0.5) is 5.69 Å². The molecule has 0 spiro atoms. The van der Waals surface area contributed by atoms with Crippen LogP contribution in [0.5, 0.6) is 0 Å². The molecule has 0 aliphatic carbocycles. The van der Waals surface area contributed by atoms with Gasteiger partial charge in [0.15, 0.2) is 11.5 Å². The molecule has 1 aromatic heterocycles. The van der Waals surface area contributed by atoms with Crippen molar-refractivity contribution in [2.24, 2.45) is 0 Å². The van der Waals surface area contributed by atoms with Gasteiger partial charge in [0.1, 0.15) is 5.52 Å². The molecule has 0 aliphatic rings. The maximum Gasteiger partial charge on any atom is 0.192 e. The van der Waals surface area contributed by atoms with Crippen LogP contribution in [0.15, 0.2) is 16.5 Å². The van der Waals surface area contributed by atoms with Crippen molar-refractivity contribution in [2.75, 3.05) is 5.73 Å². The first-order valence-corrected chi connectivity index (χ1v) is 3.80. The number of oxazole rings is 1. The van der Waals surface area contributed by atoms with Crippen LogP contribution in [-0.4, -0.2) is 4.98 Å². The lowest BCUT2D eigenvalue weighted by Crippen LogP contribution is -1.85. The second-order valence-electron chi connectivity index (χ2n) is 2.92. The van der Waals surface area contributed by atoms with E-state index in [1.165, 1.54) is 0 Å². The highest BCUT2D eigenvalue weighted by molar-refractivity contribution is 5.80. The van der Waals surface area contributed by atoms with Crippen molar-refractivity contribution in [2.45, 2.75) is 13.8 Å². The molecule has 0 aliphatic heterocycles. The number of hydrogen-bond donors (Lipinski definition) is 1. The van der Waals surface area contributed by atoms with E-state index in [0.717, 1.165) is 22.4 Å². The van der Waals surface area contributed by atoms with Crippen LogP contribution >= 0.6 is 0 Å². The monoisotopic (exact) mass is 162 g/mol. The molecule has 2 N–H and O–H groups in total. The van der Waals surface area contributed by atoms with E-state index in [-0.39, 0.29) is 0 Å². The van der Waals surface area contributed by atoms with Crippen LogP contribution in [0, 0.1) is 13.8 Å². The quantitative estimate of drug-likeness (QED) is 0.603. The van der Waals surface area contributed by atoms with Gasteiger partial charge in [0.05, 0.1) is 0 Å². The average Bonchev–Trinajstić information content (AvgIpc) is 2.29. The van der Waals surface area contributed by atoms with Crippen molar-refractivity contribution in [1.82, 2.24) is 4.98 Å². The largest absolute Gasteiger partial charge is 0.441 e. The Kier molecular flexibility index (Phi) is 1.33. The Labute approximate surface area is 70.2 Å². The van der Waals surface area contributed by atoms with Crippen molar-refractivity contribution >= 4 is 16.8 Å². The second-order valence-corrected chi connectivity index (χ2v) is 2.92. The van der Waals surface area contributed by atoms with E-state index in [2.05, 4.69) is 4.98 Å². The van der Waals surface area contributed by atoms with Crippen LogP contribution in [0.1, 0.15) is 11.5 Å². The Bertz CT molecular complexity index is 431. The summed E-state index contributed by atoms with van der Waals surface area (Å²) >= 11 is 0. The Morgan fingerprint density at radius 1 is 1.33 bits per heavy atom. The number of nitrogens with two attached hydrogens (primary N) is 1. The number of aromatic nitrogens is 1. The zero-order valence-corrected chi connectivity index (χ0v) is 7.09. The van der Waals surface area contributed by atoms with Gasteiger partial charge in [0.2, 0.25) is 0 Å². The van der Waals surface area contributed by atoms with E-state index in [1.54, 1.807) is 0 Å². The Balaban J connectivity index is 2.88. The molecule has 0 atom stereocenters. The lowest BCUT2D eigenvalue weighted by atomic mass is 10.2. The van der Waals surface area contributed by atoms with E-state index in [0.29, 0.717) is 5.89 Å². The number of anilines is 1. The summed E-state index contributed by atoms with van der Waals surface area (Å²) in [6.45, 7) is 3.79. The molecule has 0 amide bonds. The molecule has 62 valence electrons. The fourth-order valence-electron chi connectivity index (χ4n) is 1.34. The summed E-state index contributed by atoms with van der Waals surface area (Å²) in [7, 11) is 0. The Hall–Kier alpha value is -1.51. The van der Waals surface area contributed by atoms with Gasteiger partial charge >= 0.3 is 0 Å². The minimum Gasteiger partial charge on any atom is -0.441 e. The van der Waals surface area contributed by atoms with Crippen molar-refractivity contribution < 1.29 is 4.42 Å². The first-order valence-electron chi connectivity index (χ1n) is 3.80. The fraction of sp³-hybridized carbons (Fsp3) is 0.222. The van der Waals surface area contributed by atoms with Gasteiger partial charge in [-0.1, -0.05) is 0 Å². The van der Waals surface area contributed by atoms with Gasteiger partial charge < -0.3 is 10.2 Å². The van der Waals surface area contributed by atoms with Crippen LogP contribution < -0.4 is 5.73 Å². The number of nitrogen functional groups attached to an aromatic ring is 1. The van der Waals surface area contributed by atoms with E-state index >= 15 is 0 Å². The van der Waals surface area contributed by atoms with Crippen LogP contribution in [0.25, 0.3) is 11.1 Å². The van der Waals surface area contributed by atoms with Gasteiger partial charge in [-0.05, 0) is 24.6 Å². The third-order valence-corrected chi connectivity index (χ3v) is 1.81. The molecular weight excluding hydrogens is 152 g/mol. The first kappa shape index (κ1) is 7.16. The summed E-state index contributed by atoms with van der Waals surface area (Å²) in [5.41, 5.74) is 9.09. The SMILES string of the molecule is Cc1nc2cc(N)cc(C)c2o1. The average molecular weight is 162 g/mol. The number of nitrogens with zero attached hydrogens (tertiary/aromatic N) is 1. The first-order chi connectivity index (χ1) is 5.66. The van der Waals surface area contributed by atoms with Gasteiger partial charge in [0.25, 0.3) is 0 Å². The number of hydrogen-bond acceptors (Lipinski definition) is 3. The molecule has 0 fully saturated rings. The maximum absolute atomic E-state index is 5.65. The third-order valence-electron chi connectivity index (χ3n) is 1.81. The van der Waals surface area contributed by atoms with Crippen molar-refractivity contribution in [3.8, 4) is 0 Å². The fourth-order valence-corrected chi connectivity index (χ4v) is 1.34. The molecule has 0 bridgehead atoms. The smallest absolute Gasteiger partial charge is 0.192 e. The molecule has 0 saturated heterocycles. The minimum atomic E-state index is 0.679. The highest BCUT2D eigenvalue weighted by Crippen LogP contribution is 2.22. The number of fused-ring (bicyclic) bond motifs is 1. The van der Waals surface area contributed by atoms with Crippen molar-refractivity contribution in [3.05, 3.63) is 23.6 Å². The third kappa shape index (κ3) is 0.942. The predicted octanol–water partition coefficient (Wildman–Crippen LogP) is 2.03. The molecule has 3 nitrogen and oxygen atoms in total. The van der Waals surface area contributed by atoms with Gasteiger partial charge in [-0.15, -0.1) is 0 Å². The standard InChI is InChI=1S/C9H10N2O/c1-5-3-7(10)4-8-9(5)12-6(2)11-8/h3-4H,10H2,1-2H3. The van der Waals surface area contributed by atoms with E-state index in [9.17, 15) is 0 Å². The number of rotatable bonds is 0. The normalized spacial score (nSPS) is 10.8. The molecule has 12 heavy (non-hydrogen) atoms. The summed E-state index contributed by atoms with van der Waals surface area (Å²) in [6, 6.07) is 3.70. The van der Waals surface area contributed by atoms with Crippen LogP contribution in [-0.2, 0) is 0 Å². The number of benzene rings is 1. The van der Waals surface area contributed by atoms with Gasteiger partial charge in [-0.3, -0.25) is 0 Å². The summed E-state index contributed by atoms with van der Waals surface area (Å²) in [4.78, 5) is 4.19. The highest BCUT2D eigenvalue weighted by atomic mass is 16.3. The molecule has 0 unspecified atom stereocenters. The highest BCUT2D eigenvalue weighted by Gasteiger charge is 2.05. The van der Waals surface area contributed by atoms with Crippen LogP contribution in [0.3, 0.4) is 0 Å². The van der Waals surface area contributed by atoms with E-state index in [1.807, 2.05) is 26.0 Å². The van der Waals surface area contributed by atoms with Gasteiger partial charge in [-0.2, -0.15) is 0 Å². The zero-order chi connectivity index (χ0) is 8.72. The lowest BCUT2D eigenvalue weighted by Gasteiger charge is -1.94. The topological polar surface area (TPSA) is 52.0 Å². The summed E-state index contributed by atoms with van der Waals surface area (Å²) in [6.07, 6.45) is 0. The van der Waals surface area contributed by atoms with Gasteiger partial charge in [-0.25, -0.2) is 4.98 Å². The summed E-state index contributed by atoms with van der Waals surface area (Å²) in [5, 5.41) is 0. The molecule has 0 radical (unpaired) electrons. The van der Waals surface area contributed by atoms with Crippen molar-refractivity contribution in [3.63, 3.8) is 0 Å². The number of aryl methyl sites for hydroxylation is 2. The Morgan fingerprint density at radius 3 is 2.83 bits per heavy atom. The summed E-state index contributed by atoms with van der Waals surface area (Å²) in [5.74, 6) is 0.679. The summed E-state index contributed by atoms with van der Waals surface area (Å²) < 4.78 is 5.39.